The second-order valence-electron chi connectivity index (χ2n) is 6.56. The van der Waals surface area contributed by atoms with Crippen molar-refractivity contribution in [1.29, 1.82) is 0 Å². The molecule has 1 fully saturated rings. The minimum Gasteiger partial charge on any atom is -0.465 e. The molecule has 0 radical (unpaired) electrons. The number of ether oxygens (including phenoxy) is 2. The summed E-state index contributed by atoms with van der Waals surface area (Å²) >= 11 is 4.80. The van der Waals surface area contributed by atoms with Crippen molar-refractivity contribution >= 4 is 33.2 Å². The van der Waals surface area contributed by atoms with Gasteiger partial charge in [0, 0.05) is 41.2 Å². The van der Waals surface area contributed by atoms with Crippen LogP contribution in [0.15, 0.2) is 34.2 Å². The van der Waals surface area contributed by atoms with Gasteiger partial charge in [0.1, 0.15) is 11.4 Å². The molecule has 7 nitrogen and oxygen atoms in total. The van der Waals surface area contributed by atoms with Gasteiger partial charge in [0.15, 0.2) is 10.8 Å². The van der Waals surface area contributed by atoms with Crippen LogP contribution in [0.2, 0.25) is 0 Å². The number of carbonyl (C=O) groups is 1. The zero-order valence-electron chi connectivity index (χ0n) is 16.1. The van der Waals surface area contributed by atoms with E-state index in [1.165, 1.54) is 30.6 Å². The molecule has 0 N–H and O–H groups in total. The first-order chi connectivity index (χ1) is 14.6. The highest BCUT2D eigenvalue weighted by molar-refractivity contribution is 9.10. The fourth-order valence-electron chi connectivity index (χ4n) is 3.22. The summed E-state index contributed by atoms with van der Waals surface area (Å²) in [4.78, 5) is 28.6. The fourth-order valence-corrected chi connectivity index (χ4v) is 4.32. The SMILES string of the molecule is COC(=O)c1c(CN2CCOCC2)nc(-c2nccs2)nc1-c1ccc(F)cc1Br. The third kappa shape index (κ3) is 4.41. The van der Waals surface area contributed by atoms with Gasteiger partial charge < -0.3 is 9.47 Å². The number of thiazole rings is 1. The molecule has 0 aliphatic carbocycles. The number of aromatic nitrogens is 3. The Bertz CT molecular complexity index is 1060. The van der Waals surface area contributed by atoms with Crippen LogP contribution in [0, 0.1) is 5.82 Å². The molecule has 0 saturated carbocycles. The van der Waals surface area contributed by atoms with Crippen molar-refractivity contribution in [3.8, 4) is 22.1 Å². The predicted molar refractivity (Wildman–Crippen MR) is 114 cm³/mol. The number of methoxy groups -OCH3 is 1. The average molecular weight is 493 g/mol. The van der Waals surface area contributed by atoms with E-state index in [0.29, 0.717) is 52.0 Å². The summed E-state index contributed by atoms with van der Waals surface area (Å²) in [6, 6.07) is 4.25. The van der Waals surface area contributed by atoms with E-state index < -0.39 is 11.8 Å². The van der Waals surface area contributed by atoms with Crippen LogP contribution in [0.1, 0.15) is 16.1 Å². The van der Waals surface area contributed by atoms with Gasteiger partial charge in [0.25, 0.3) is 0 Å². The number of nitrogens with zero attached hydrogens (tertiary/aromatic N) is 4. The molecule has 10 heteroatoms. The Morgan fingerprint density at radius 1 is 1.33 bits per heavy atom. The van der Waals surface area contributed by atoms with Crippen LogP contribution < -0.4 is 0 Å². The maximum atomic E-state index is 13.7. The summed E-state index contributed by atoms with van der Waals surface area (Å²) in [5.74, 6) is -0.532. The monoisotopic (exact) mass is 492 g/mol. The maximum absolute atomic E-state index is 13.7. The lowest BCUT2D eigenvalue weighted by atomic mass is 10.0. The second-order valence-corrected chi connectivity index (χ2v) is 8.31. The minimum absolute atomic E-state index is 0.261. The number of hydrogen-bond donors (Lipinski definition) is 0. The highest BCUT2D eigenvalue weighted by Gasteiger charge is 2.26. The fraction of sp³-hybridized carbons (Fsp3) is 0.300. The van der Waals surface area contributed by atoms with E-state index >= 15 is 0 Å². The Kier molecular flexibility index (Phi) is 6.47. The van der Waals surface area contributed by atoms with E-state index in [4.69, 9.17) is 9.47 Å². The first-order valence-electron chi connectivity index (χ1n) is 9.21. The van der Waals surface area contributed by atoms with Crippen LogP contribution in [-0.4, -0.2) is 59.2 Å². The molecule has 1 aromatic carbocycles. The Balaban J connectivity index is 1.92. The van der Waals surface area contributed by atoms with E-state index in [1.807, 2.05) is 5.38 Å². The van der Waals surface area contributed by atoms with Crippen molar-refractivity contribution in [2.75, 3.05) is 33.4 Å². The Morgan fingerprint density at radius 3 is 2.80 bits per heavy atom. The zero-order chi connectivity index (χ0) is 21.1. The number of rotatable bonds is 5. The third-order valence-electron chi connectivity index (χ3n) is 4.66. The van der Waals surface area contributed by atoms with Crippen molar-refractivity contribution < 1.29 is 18.7 Å². The molecule has 1 aliphatic rings. The van der Waals surface area contributed by atoms with Gasteiger partial charge in [-0.05, 0) is 34.1 Å². The van der Waals surface area contributed by atoms with Crippen molar-refractivity contribution in [2.45, 2.75) is 6.54 Å². The average Bonchev–Trinajstić information content (AvgIpc) is 3.28. The van der Waals surface area contributed by atoms with Crippen LogP contribution in [0.3, 0.4) is 0 Å². The number of morpholine rings is 1. The van der Waals surface area contributed by atoms with Crippen molar-refractivity contribution in [3.63, 3.8) is 0 Å². The first kappa shape index (κ1) is 21.0. The molecule has 0 atom stereocenters. The molecule has 2 aromatic heterocycles. The van der Waals surface area contributed by atoms with Gasteiger partial charge in [-0.2, -0.15) is 0 Å². The minimum atomic E-state index is -0.546. The molecule has 1 saturated heterocycles. The number of halogens is 2. The molecular formula is C20H18BrFN4O3S. The van der Waals surface area contributed by atoms with Gasteiger partial charge >= 0.3 is 5.97 Å². The van der Waals surface area contributed by atoms with Crippen molar-refractivity contribution in [3.05, 3.63) is 51.3 Å². The van der Waals surface area contributed by atoms with Crippen LogP contribution in [0.4, 0.5) is 4.39 Å². The van der Waals surface area contributed by atoms with Gasteiger partial charge in [-0.15, -0.1) is 11.3 Å². The highest BCUT2D eigenvalue weighted by Crippen LogP contribution is 2.34. The van der Waals surface area contributed by atoms with Crippen LogP contribution in [0.25, 0.3) is 22.1 Å². The number of hydrogen-bond acceptors (Lipinski definition) is 8. The second kappa shape index (κ2) is 9.25. The molecule has 1 aliphatic heterocycles. The first-order valence-corrected chi connectivity index (χ1v) is 10.9. The molecule has 3 aromatic rings. The van der Waals surface area contributed by atoms with E-state index in [0.717, 1.165) is 13.1 Å². The third-order valence-corrected chi connectivity index (χ3v) is 6.09. The molecule has 4 rings (SSSR count). The topological polar surface area (TPSA) is 77.4 Å². The van der Waals surface area contributed by atoms with Gasteiger partial charge in [0.2, 0.25) is 0 Å². The number of esters is 1. The predicted octanol–water partition coefficient (Wildman–Crippen LogP) is 3.79. The number of carbonyl (C=O) groups excluding carboxylic acids is 1. The zero-order valence-corrected chi connectivity index (χ0v) is 18.5. The van der Waals surface area contributed by atoms with Gasteiger partial charge in [-0.25, -0.2) is 24.1 Å². The summed E-state index contributed by atoms with van der Waals surface area (Å²) < 4.78 is 24.7. The lowest BCUT2D eigenvalue weighted by Gasteiger charge is -2.27. The van der Waals surface area contributed by atoms with Crippen molar-refractivity contribution in [2.24, 2.45) is 0 Å². The smallest absolute Gasteiger partial charge is 0.342 e. The largest absolute Gasteiger partial charge is 0.465 e. The van der Waals surface area contributed by atoms with Gasteiger partial charge in [-0.3, -0.25) is 4.90 Å². The van der Waals surface area contributed by atoms with Gasteiger partial charge in [-0.1, -0.05) is 0 Å². The molecule has 30 heavy (non-hydrogen) atoms. The van der Waals surface area contributed by atoms with Crippen LogP contribution in [0.5, 0.6) is 0 Å². The van der Waals surface area contributed by atoms with E-state index in [2.05, 4.69) is 35.8 Å². The summed E-state index contributed by atoms with van der Waals surface area (Å²) in [6.07, 6.45) is 1.67. The highest BCUT2D eigenvalue weighted by atomic mass is 79.9. The summed E-state index contributed by atoms with van der Waals surface area (Å²) in [6.45, 7) is 3.13. The molecular weight excluding hydrogens is 475 g/mol. The quantitative estimate of drug-likeness (QED) is 0.501. The van der Waals surface area contributed by atoms with E-state index in [9.17, 15) is 9.18 Å². The Labute approximate surface area is 185 Å². The summed E-state index contributed by atoms with van der Waals surface area (Å²) in [5, 5.41) is 2.47. The Morgan fingerprint density at radius 2 is 2.13 bits per heavy atom. The van der Waals surface area contributed by atoms with Crippen LogP contribution >= 0.6 is 27.3 Å². The number of benzene rings is 1. The summed E-state index contributed by atoms with van der Waals surface area (Å²) in [5.41, 5.74) is 1.74. The standard InChI is InChI=1S/C20H18BrFN4O3S/c1-28-20(27)16-15(11-26-5-7-29-8-6-26)24-18(19-23-4-9-30-19)25-17(16)13-3-2-12(22)10-14(13)21/h2-4,9-10H,5-8,11H2,1H3. The molecule has 0 spiro atoms. The van der Waals surface area contributed by atoms with Gasteiger partial charge in [0.05, 0.1) is 31.7 Å². The Hall–Kier alpha value is -2.27. The molecule has 156 valence electrons. The molecule has 0 unspecified atom stereocenters. The van der Waals surface area contributed by atoms with Crippen molar-refractivity contribution in [1.82, 2.24) is 19.9 Å². The molecule has 0 bridgehead atoms. The molecule has 3 heterocycles. The maximum Gasteiger partial charge on any atom is 0.342 e. The van der Waals surface area contributed by atoms with E-state index in [1.54, 1.807) is 12.3 Å². The van der Waals surface area contributed by atoms with Crippen LogP contribution in [-0.2, 0) is 16.0 Å². The lowest BCUT2D eigenvalue weighted by Crippen LogP contribution is -2.36. The normalized spacial score (nSPS) is 14.6. The molecule has 0 amide bonds. The van der Waals surface area contributed by atoms with E-state index in [-0.39, 0.29) is 5.56 Å². The lowest BCUT2D eigenvalue weighted by molar-refractivity contribution is 0.0332. The summed E-state index contributed by atoms with van der Waals surface area (Å²) in [7, 11) is 1.32.